The van der Waals surface area contributed by atoms with Crippen LogP contribution in [0.5, 0.6) is 0 Å². The van der Waals surface area contributed by atoms with Crippen LogP contribution in [-0.2, 0) is 21.0 Å². The molecule has 1 aromatic heterocycles. The number of nitrogens with one attached hydrogen (secondary N) is 2. The molecular weight excluding hydrogens is 346 g/mol. The van der Waals surface area contributed by atoms with Crippen LogP contribution >= 0.6 is 11.3 Å². The van der Waals surface area contributed by atoms with E-state index >= 15 is 0 Å². The Balaban J connectivity index is 2.26. The summed E-state index contributed by atoms with van der Waals surface area (Å²) in [4.78, 5) is 5.98. The van der Waals surface area contributed by atoms with E-state index in [0.29, 0.717) is 19.1 Å². The molecule has 0 aliphatic carbocycles. The zero-order valence-corrected chi connectivity index (χ0v) is 16.4. The topological polar surface area (TPSA) is 79.8 Å². The van der Waals surface area contributed by atoms with Gasteiger partial charge in [-0.2, -0.15) is 0 Å². The van der Waals surface area contributed by atoms with Crippen molar-refractivity contribution in [3.05, 3.63) is 22.4 Å². The van der Waals surface area contributed by atoms with Gasteiger partial charge in [0.05, 0.1) is 19.0 Å². The molecule has 0 amide bonds. The van der Waals surface area contributed by atoms with Gasteiger partial charge in [-0.05, 0) is 30.7 Å². The van der Waals surface area contributed by atoms with Gasteiger partial charge in [0, 0.05) is 30.8 Å². The van der Waals surface area contributed by atoms with Gasteiger partial charge in [-0.3, -0.25) is 4.99 Å². The number of ether oxygens (including phenoxy) is 1. The number of nitrogens with zero attached hydrogens (tertiary/aromatic N) is 1. The van der Waals surface area contributed by atoms with Crippen molar-refractivity contribution in [2.45, 2.75) is 20.3 Å². The summed E-state index contributed by atoms with van der Waals surface area (Å²) in [6.07, 6.45) is 2.25. The number of rotatable bonds is 11. The minimum absolute atomic E-state index is 0.0569. The highest BCUT2D eigenvalue weighted by Gasteiger charge is 2.05. The highest BCUT2D eigenvalue weighted by atomic mass is 32.2. The molecule has 8 heteroatoms. The fourth-order valence-electron chi connectivity index (χ4n) is 1.98. The number of guanidine groups is 1. The van der Waals surface area contributed by atoms with Crippen LogP contribution in [0, 0.1) is 5.92 Å². The monoisotopic (exact) mass is 375 g/mol. The Morgan fingerprint density at radius 1 is 1.38 bits per heavy atom. The van der Waals surface area contributed by atoms with Gasteiger partial charge in [0.15, 0.2) is 5.96 Å². The first-order chi connectivity index (χ1) is 11.4. The van der Waals surface area contributed by atoms with E-state index in [-0.39, 0.29) is 12.4 Å². The van der Waals surface area contributed by atoms with Crippen molar-refractivity contribution in [2.75, 3.05) is 44.9 Å². The lowest BCUT2D eigenvalue weighted by atomic mass is 10.1. The van der Waals surface area contributed by atoms with Gasteiger partial charge in [-0.15, -0.1) is 11.3 Å². The molecule has 2 N–H and O–H groups in total. The third-order valence-corrected chi connectivity index (χ3v) is 4.98. The highest BCUT2D eigenvalue weighted by molar-refractivity contribution is 7.90. The van der Waals surface area contributed by atoms with Crippen LogP contribution in [-0.4, -0.2) is 59.2 Å². The maximum absolute atomic E-state index is 11.0. The van der Waals surface area contributed by atoms with Gasteiger partial charge in [-0.25, -0.2) is 8.42 Å². The predicted molar refractivity (Wildman–Crippen MR) is 102 cm³/mol. The Labute approximate surface area is 149 Å². The summed E-state index contributed by atoms with van der Waals surface area (Å²) < 4.78 is 27.3. The highest BCUT2D eigenvalue weighted by Crippen LogP contribution is 2.14. The van der Waals surface area contributed by atoms with Crippen LogP contribution in [0.3, 0.4) is 0 Å². The SMILES string of the molecule is CCNC(=NCC(C)Cc1cccs1)NCCOCCS(C)(=O)=O. The zero-order chi connectivity index (χ0) is 17.8. The van der Waals surface area contributed by atoms with E-state index in [0.717, 1.165) is 25.5 Å². The van der Waals surface area contributed by atoms with Crippen LogP contribution in [0.15, 0.2) is 22.5 Å². The van der Waals surface area contributed by atoms with Gasteiger partial charge < -0.3 is 15.4 Å². The molecule has 138 valence electrons. The number of thiophene rings is 1. The van der Waals surface area contributed by atoms with Crippen LogP contribution in [0.2, 0.25) is 0 Å². The third-order valence-electron chi connectivity index (χ3n) is 3.17. The second-order valence-electron chi connectivity index (χ2n) is 5.78. The number of sulfone groups is 1. The molecule has 0 saturated carbocycles. The van der Waals surface area contributed by atoms with E-state index < -0.39 is 9.84 Å². The smallest absolute Gasteiger partial charge is 0.191 e. The minimum Gasteiger partial charge on any atom is -0.379 e. The van der Waals surface area contributed by atoms with Crippen LogP contribution < -0.4 is 10.6 Å². The fourth-order valence-corrected chi connectivity index (χ4v) is 3.27. The Kier molecular flexibility index (Phi) is 9.97. The summed E-state index contributed by atoms with van der Waals surface area (Å²) in [6.45, 7) is 7.03. The van der Waals surface area contributed by atoms with Crippen LogP contribution in [0.4, 0.5) is 0 Å². The van der Waals surface area contributed by atoms with Crippen molar-refractivity contribution < 1.29 is 13.2 Å². The molecule has 0 spiro atoms. The van der Waals surface area contributed by atoms with Crippen LogP contribution in [0.25, 0.3) is 0 Å². The molecule has 0 bridgehead atoms. The van der Waals surface area contributed by atoms with E-state index in [9.17, 15) is 8.42 Å². The number of hydrogen-bond donors (Lipinski definition) is 2. The molecule has 0 aliphatic rings. The lowest BCUT2D eigenvalue weighted by Gasteiger charge is -2.13. The Morgan fingerprint density at radius 3 is 2.79 bits per heavy atom. The van der Waals surface area contributed by atoms with Gasteiger partial charge in [0.2, 0.25) is 0 Å². The van der Waals surface area contributed by atoms with E-state index in [1.807, 2.05) is 6.92 Å². The molecule has 1 heterocycles. The summed E-state index contributed by atoms with van der Waals surface area (Å²) in [6, 6.07) is 4.23. The van der Waals surface area contributed by atoms with Crippen molar-refractivity contribution in [3.8, 4) is 0 Å². The van der Waals surface area contributed by atoms with Gasteiger partial charge in [0.1, 0.15) is 9.84 Å². The first-order valence-corrected chi connectivity index (χ1v) is 11.1. The number of aliphatic imine (C=N–C) groups is 1. The largest absolute Gasteiger partial charge is 0.379 e. The summed E-state index contributed by atoms with van der Waals surface area (Å²) in [5.74, 6) is 1.30. The van der Waals surface area contributed by atoms with E-state index in [1.165, 1.54) is 11.1 Å². The predicted octanol–water partition coefficient (Wildman–Crippen LogP) is 1.54. The van der Waals surface area contributed by atoms with Crippen LogP contribution in [0.1, 0.15) is 18.7 Å². The maximum Gasteiger partial charge on any atom is 0.191 e. The molecule has 0 radical (unpaired) electrons. The molecule has 1 rings (SSSR count). The summed E-state index contributed by atoms with van der Waals surface area (Å²) in [5.41, 5.74) is 0. The first-order valence-electron chi connectivity index (χ1n) is 8.20. The molecule has 0 fully saturated rings. The Morgan fingerprint density at radius 2 is 2.17 bits per heavy atom. The van der Waals surface area contributed by atoms with Gasteiger partial charge in [0.25, 0.3) is 0 Å². The molecule has 0 saturated heterocycles. The Bertz CT molecular complexity index is 571. The molecule has 6 nitrogen and oxygen atoms in total. The summed E-state index contributed by atoms with van der Waals surface area (Å²) in [7, 11) is -2.96. The molecule has 0 aromatic carbocycles. The molecule has 0 aliphatic heterocycles. The van der Waals surface area contributed by atoms with Crippen molar-refractivity contribution in [3.63, 3.8) is 0 Å². The fraction of sp³-hybridized carbons (Fsp3) is 0.688. The number of hydrogen-bond acceptors (Lipinski definition) is 5. The third kappa shape index (κ3) is 10.6. The lowest BCUT2D eigenvalue weighted by Crippen LogP contribution is -2.39. The van der Waals surface area contributed by atoms with E-state index in [1.54, 1.807) is 11.3 Å². The van der Waals surface area contributed by atoms with Crippen molar-refractivity contribution >= 4 is 27.1 Å². The van der Waals surface area contributed by atoms with Crippen molar-refractivity contribution in [1.29, 1.82) is 0 Å². The van der Waals surface area contributed by atoms with Gasteiger partial charge in [-0.1, -0.05) is 13.0 Å². The Hall–Kier alpha value is -1.12. The van der Waals surface area contributed by atoms with Crippen molar-refractivity contribution in [1.82, 2.24) is 10.6 Å². The van der Waals surface area contributed by atoms with E-state index in [2.05, 4.69) is 40.1 Å². The standard InChI is InChI=1S/C16H29N3O3S2/c1-4-17-16(18-7-8-22-9-11-24(3,20)21)19-13-14(2)12-15-6-5-10-23-15/h5-6,10,14H,4,7-9,11-13H2,1-3H3,(H2,17,18,19). The molecule has 1 atom stereocenters. The molecular formula is C16H29N3O3S2. The van der Waals surface area contributed by atoms with Crippen molar-refractivity contribution in [2.24, 2.45) is 10.9 Å². The average Bonchev–Trinajstić information content (AvgIpc) is 3.00. The average molecular weight is 376 g/mol. The summed E-state index contributed by atoms with van der Waals surface area (Å²) in [5, 5.41) is 8.50. The molecule has 24 heavy (non-hydrogen) atoms. The quantitative estimate of drug-likeness (QED) is 0.348. The first kappa shape index (κ1) is 20.9. The second-order valence-corrected chi connectivity index (χ2v) is 9.07. The second kappa shape index (κ2) is 11.4. The lowest BCUT2D eigenvalue weighted by molar-refractivity contribution is 0.154. The molecule has 1 unspecified atom stereocenters. The summed E-state index contributed by atoms with van der Waals surface area (Å²) >= 11 is 1.78. The normalized spacial score (nSPS) is 13.7. The van der Waals surface area contributed by atoms with Gasteiger partial charge >= 0.3 is 0 Å². The maximum atomic E-state index is 11.0. The van der Waals surface area contributed by atoms with E-state index in [4.69, 9.17) is 4.74 Å². The minimum atomic E-state index is -2.96. The molecule has 1 aromatic rings. The zero-order valence-electron chi connectivity index (χ0n) is 14.7.